The van der Waals surface area contributed by atoms with Crippen molar-refractivity contribution >= 4 is 33.6 Å². The van der Waals surface area contributed by atoms with Gasteiger partial charge in [0, 0.05) is 37.8 Å². The summed E-state index contributed by atoms with van der Waals surface area (Å²) in [6.45, 7) is 4.87. The van der Waals surface area contributed by atoms with Crippen molar-refractivity contribution in [3.8, 4) is 0 Å². The van der Waals surface area contributed by atoms with E-state index in [0.29, 0.717) is 24.7 Å². The number of likely N-dealkylation sites (N-methyl/N-ethyl adjacent to an activating group) is 1. The summed E-state index contributed by atoms with van der Waals surface area (Å²) in [5.41, 5.74) is 1.62. The number of hydrogen-bond acceptors (Lipinski definition) is 3. The monoisotopic (exact) mass is 420 g/mol. The molecule has 0 aliphatic heterocycles. The van der Waals surface area contributed by atoms with Crippen LogP contribution >= 0.6 is 11.6 Å². The molecule has 0 aromatic heterocycles. The number of amides is 1. The summed E-state index contributed by atoms with van der Waals surface area (Å²) >= 11 is 6.13. The van der Waals surface area contributed by atoms with E-state index in [9.17, 15) is 13.2 Å². The molecule has 0 aliphatic carbocycles. The molecule has 0 N–H and O–H groups in total. The second kappa shape index (κ2) is 9.87. The number of carbonyl (C=O) groups is 1. The standard InChI is InChI=1S/C21H25ClN2O3S/c1-4-24(5-2)28(26,27)19-13-10-17(11-14-19)12-15-21(25)23(3)16-18-8-6-7-9-20(18)22/h6-15H,4-5,16H2,1-3H3/b15-12+. The van der Waals surface area contributed by atoms with Crippen LogP contribution in [0.25, 0.3) is 6.08 Å². The first kappa shape index (κ1) is 22.1. The van der Waals surface area contributed by atoms with Crippen LogP contribution in [-0.2, 0) is 21.4 Å². The van der Waals surface area contributed by atoms with E-state index >= 15 is 0 Å². The van der Waals surface area contributed by atoms with Crippen molar-refractivity contribution in [1.29, 1.82) is 0 Å². The maximum Gasteiger partial charge on any atom is 0.246 e. The normalized spacial score (nSPS) is 11.9. The van der Waals surface area contributed by atoms with Gasteiger partial charge in [-0.15, -0.1) is 0 Å². The minimum Gasteiger partial charge on any atom is -0.338 e. The number of hydrogen-bond donors (Lipinski definition) is 0. The molecule has 7 heteroatoms. The molecule has 0 fully saturated rings. The zero-order valence-corrected chi connectivity index (χ0v) is 17.9. The average Bonchev–Trinajstić information content (AvgIpc) is 2.68. The third-order valence-electron chi connectivity index (χ3n) is 4.38. The first-order valence-corrected chi connectivity index (χ1v) is 10.9. The van der Waals surface area contributed by atoms with Crippen molar-refractivity contribution in [2.45, 2.75) is 25.3 Å². The zero-order valence-electron chi connectivity index (χ0n) is 16.3. The van der Waals surface area contributed by atoms with E-state index in [0.717, 1.165) is 11.1 Å². The molecule has 2 aromatic rings. The zero-order chi connectivity index (χ0) is 20.7. The summed E-state index contributed by atoms with van der Waals surface area (Å²) in [4.78, 5) is 14.1. The van der Waals surface area contributed by atoms with Crippen molar-refractivity contribution in [3.05, 3.63) is 70.8 Å². The Labute approximate surface area is 172 Å². The fraction of sp³-hybridized carbons (Fsp3) is 0.286. The molecule has 0 saturated heterocycles. The van der Waals surface area contributed by atoms with Gasteiger partial charge in [0.2, 0.25) is 15.9 Å². The van der Waals surface area contributed by atoms with Crippen molar-refractivity contribution < 1.29 is 13.2 Å². The van der Waals surface area contributed by atoms with E-state index in [2.05, 4.69) is 0 Å². The molecule has 0 spiro atoms. The van der Waals surface area contributed by atoms with Crippen LogP contribution in [0.15, 0.2) is 59.5 Å². The molecule has 0 saturated carbocycles. The van der Waals surface area contributed by atoms with Crippen molar-refractivity contribution in [3.63, 3.8) is 0 Å². The number of nitrogens with zero attached hydrogens (tertiary/aromatic N) is 2. The number of sulfonamides is 1. The van der Waals surface area contributed by atoms with Gasteiger partial charge in [0.25, 0.3) is 0 Å². The Balaban J connectivity index is 2.06. The molecule has 0 heterocycles. The number of carbonyl (C=O) groups excluding carboxylic acids is 1. The van der Waals surface area contributed by atoms with Crippen molar-refractivity contribution in [2.24, 2.45) is 0 Å². The molecule has 28 heavy (non-hydrogen) atoms. The van der Waals surface area contributed by atoms with E-state index in [1.54, 1.807) is 48.4 Å². The summed E-state index contributed by atoms with van der Waals surface area (Å²) in [6.07, 6.45) is 3.13. The minimum absolute atomic E-state index is 0.167. The molecule has 0 unspecified atom stereocenters. The Morgan fingerprint density at radius 3 is 2.21 bits per heavy atom. The van der Waals surface area contributed by atoms with Gasteiger partial charge in [0.1, 0.15) is 0 Å². The van der Waals surface area contributed by atoms with E-state index in [1.807, 2.05) is 32.0 Å². The van der Waals surface area contributed by atoms with Crippen LogP contribution in [0.3, 0.4) is 0 Å². The highest BCUT2D eigenvalue weighted by Crippen LogP contribution is 2.18. The number of benzene rings is 2. The van der Waals surface area contributed by atoms with E-state index in [-0.39, 0.29) is 10.8 Å². The average molecular weight is 421 g/mol. The highest BCUT2D eigenvalue weighted by Gasteiger charge is 2.20. The third kappa shape index (κ3) is 5.44. The van der Waals surface area contributed by atoms with Gasteiger partial charge in [-0.2, -0.15) is 4.31 Å². The lowest BCUT2D eigenvalue weighted by atomic mass is 10.2. The summed E-state index contributed by atoms with van der Waals surface area (Å²) in [7, 11) is -1.78. The molecule has 0 radical (unpaired) electrons. The topological polar surface area (TPSA) is 57.7 Å². The second-order valence-electron chi connectivity index (χ2n) is 6.28. The largest absolute Gasteiger partial charge is 0.338 e. The van der Waals surface area contributed by atoms with Gasteiger partial charge in [-0.05, 0) is 35.4 Å². The van der Waals surface area contributed by atoms with Crippen LogP contribution in [0.2, 0.25) is 5.02 Å². The van der Waals surface area contributed by atoms with Crippen molar-refractivity contribution in [2.75, 3.05) is 20.1 Å². The highest BCUT2D eigenvalue weighted by atomic mass is 35.5. The fourth-order valence-electron chi connectivity index (χ4n) is 2.72. The van der Waals surface area contributed by atoms with Crippen molar-refractivity contribution in [1.82, 2.24) is 9.21 Å². The summed E-state index contributed by atoms with van der Waals surface area (Å²) in [5, 5.41) is 0.621. The fourth-order valence-corrected chi connectivity index (χ4v) is 4.37. The lowest BCUT2D eigenvalue weighted by Crippen LogP contribution is -2.30. The van der Waals surface area contributed by atoms with Crippen LogP contribution in [0.5, 0.6) is 0 Å². The number of halogens is 1. The van der Waals surface area contributed by atoms with Gasteiger partial charge in [-0.25, -0.2) is 8.42 Å². The Kier molecular flexibility index (Phi) is 7.80. The Morgan fingerprint density at radius 2 is 1.64 bits per heavy atom. The molecule has 2 aromatic carbocycles. The highest BCUT2D eigenvalue weighted by molar-refractivity contribution is 7.89. The predicted octanol–water partition coefficient (Wildman–Crippen LogP) is 4.04. The second-order valence-corrected chi connectivity index (χ2v) is 8.62. The third-order valence-corrected chi connectivity index (χ3v) is 6.82. The van der Waals surface area contributed by atoms with Gasteiger partial charge < -0.3 is 4.90 Å². The van der Waals surface area contributed by atoms with Gasteiger partial charge >= 0.3 is 0 Å². The molecule has 2 rings (SSSR count). The molecule has 1 amide bonds. The smallest absolute Gasteiger partial charge is 0.246 e. The lowest BCUT2D eigenvalue weighted by Gasteiger charge is -2.18. The molecule has 150 valence electrons. The van der Waals surface area contributed by atoms with Gasteiger partial charge in [0.15, 0.2) is 0 Å². The summed E-state index contributed by atoms with van der Waals surface area (Å²) in [5.74, 6) is -0.167. The maximum atomic E-state index is 12.5. The van der Waals surface area contributed by atoms with E-state index < -0.39 is 10.0 Å². The Hall–Kier alpha value is -2.15. The van der Waals surface area contributed by atoms with Gasteiger partial charge in [-0.1, -0.05) is 55.8 Å². The SMILES string of the molecule is CCN(CC)S(=O)(=O)c1ccc(/C=C/C(=O)N(C)Cc2ccccc2Cl)cc1. The maximum absolute atomic E-state index is 12.5. The van der Waals surface area contributed by atoms with Crippen LogP contribution in [0, 0.1) is 0 Å². The van der Waals surface area contributed by atoms with Crippen LogP contribution < -0.4 is 0 Å². The Bertz CT molecular complexity index is 936. The minimum atomic E-state index is -3.48. The van der Waals surface area contributed by atoms with E-state index in [1.165, 1.54) is 10.4 Å². The first-order chi connectivity index (χ1) is 13.3. The van der Waals surface area contributed by atoms with Crippen LogP contribution in [0.1, 0.15) is 25.0 Å². The molecule has 0 aliphatic rings. The summed E-state index contributed by atoms with van der Waals surface area (Å²) in [6, 6.07) is 13.9. The molecular formula is C21H25ClN2O3S. The van der Waals surface area contributed by atoms with Crippen LogP contribution in [-0.4, -0.2) is 43.7 Å². The van der Waals surface area contributed by atoms with Gasteiger partial charge in [0.05, 0.1) is 4.90 Å². The molecular weight excluding hydrogens is 396 g/mol. The number of rotatable bonds is 8. The lowest BCUT2D eigenvalue weighted by molar-refractivity contribution is -0.125. The Morgan fingerprint density at radius 1 is 1.04 bits per heavy atom. The first-order valence-electron chi connectivity index (χ1n) is 9.06. The quantitative estimate of drug-likeness (QED) is 0.605. The van der Waals surface area contributed by atoms with Crippen LogP contribution in [0.4, 0.5) is 0 Å². The molecule has 0 bridgehead atoms. The molecule has 5 nitrogen and oxygen atoms in total. The molecule has 0 atom stereocenters. The van der Waals surface area contributed by atoms with Gasteiger partial charge in [-0.3, -0.25) is 4.79 Å². The van der Waals surface area contributed by atoms with E-state index in [4.69, 9.17) is 11.6 Å². The summed E-state index contributed by atoms with van der Waals surface area (Å²) < 4.78 is 26.4. The predicted molar refractivity (Wildman–Crippen MR) is 114 cm³/mol.